The van der Waals surface area contributed by atoms with Crippen molar-refractivity contribution in [2.45, 2.75) is 46.2 Å². The first kappa shape index (κ1) is 18.0. The Kier molecular flexibility index (Phi) is 5.26. The highest BCUT2D eigenvalue weighted by molar-refractivity contribution is 5.85. The molecule has 0 radical (unpaired) electrons. The molecule has 0 bridgehead atoms. The number of hydrogen-bond acceptors (Lipinski definition) is 3. The summed E-state index contributed by atoms with van der Waals surface area (Å²) in [5.74, 6) is -1.39. The number of nitrogens with one attached hydrogen (secondary N) is 1. The molecule has 6 nitrogen and oxygen atoms in total. The first-order chi connectivity index (χ1) is 11.2. The van der Waals surface area contributed by atoms with E-state index in [1.54, 1.807) is 20.8 Å². The van der Waals surface area contributed by atoms with Crippen molar-refractivity contribution in [2.24, 2.45) is 5.41 Å². The number of carboxylic acids is 1. The van der Waals surface area contributed by atoms with Gasteiger partial charge in [0.05, 0.1) is 0 Å². The molecule has 0 fully saturated rings. The quantitative estimate of drug-likeness (QED) is 0.876. The first-order valence-corrected chi connectivity index (χ1v) is 8.07. The molecule has 0 saturated carbocycles. The summed E-state index contributed by atoms with van der Waals surface area (Å²) in [4.78, 5) is 37.2. The molecule has 1 aliphatic heterocycles. The van der Waals surface area contributed by atoms with Crippen LogP contribution in [0.25, 0.3) is 0 Å². The van der Waals surface area contributed by atoms with Gasteiger partial charge in [0, 0.05) is 31.3 Å². The van der Waals surface area contributed by atoms with Gasteiger partial charge in [-0.05, 0) is 11.1 Å². The van der Waals surface area contributed by atoms with Crippen LogP contribution in [0.15, 0.2) is 24.3 Å². The van der Waals surface area contributed by atoms with Gasteiger partial charge in [0.1, 0.15) is 6.04 Å². The second kappa shape index (κ2) is 7.03. The summed E-state index contributed by atoms with van der Waals surface area (Å²) in [5.41, 5.74) is 1.42. The highest BCUT2D eigenvalue weighted by Gasteiger charge is 2.34. The van der Waals surface area contributed by atoms with Gasteiger partial charge in [0.2, 0.25) is 11.8 Å². The number of nitrogens with zero attached hydrogens (tertiary/aromatic N) is 1. The van der Waals surface area contributed by atoms with Crippen molar-refractivity contribution >= 4 is 17.8 Å². The molecule has 1 unspecified atom stereocenters. The maximum absolute atomic E-state index is 12.5. The molecule has 1 atom stereocenters. The van der Waals surface area contributed by atoms with E-state index in [1.807, 2.05) is 24.3 Å². The maximum Gasteiger partial charge on any atom is 0.326 e. The van der Waals surface area contributed by atoms with Gasteiger partial charge in [-0.3, -0.25) is 9.59 Å². The minimum Gasteiger partial charge on any atom is -0.480 e. The predicted octanol–water partition coefficient (Wildman–Crippen LogP) is 1.58. The second-order valence-corrected chi connectivity index (χ2v) is 7.10. The third kappa shape index (κ3) is 4.13. The molecule has 1 aromatic rings. The van der Waals surface area contributed by atoms with E-state index < -0.39 is 17.4 Å². The van der Waals surface area contributed by atoms with E-state index >= 15 is 0 Å². The molecule has 24 heavy (non-hydrogen) atoms. The fourth-order valence-electron chi connectivity index (χ4n) is 2.70. The van der Waals surface area contributed by atoms with E-state index in [4.69, 9.17) is 0 Å². The van der Waals surface area contributed by atoms with Gasteiger partial charge < -0.3 is 15.3 Å². The molecule has 2 rings (SSSR count). The van der Waals surface area contributed by atoms with E-state index in [1.165, 1.54) is 4.90 Å². The van der Waals surface area contributed by atoms with Crippen molar-refractivity contribution in [1.29, 1.82) is 0 Å². The minimum absolute atomic E-state index is 0.0910. The lowest BCUT2D eigenvalue weighted by Gasteiger charge is -2.34. The molecule has 0 spiro atoms. The zero-order valence-corrected chi connectivity index (χ0v) is 14.3. The summed E-state index contributed by atoms with van der Waals surface area (Å²) >= 11 is 0. The van der Waals surface area contributed by atoms with Crippen molar-refractivity contribution in [2.75, 3.05) is 6.54 Å². The van der Waals surface area contributed by atoms with E-state index in [0.29, 0.717) is 13.0 Å². The Labute approximate surface area is 141 Å². The Bertz CT molecular complexity index is 649. The zero-order valence-electron chi connectivity index (χ0n) is 14.3. The lowest BCUT2D eigenvalue weighted by atomic mass is 9.93. The van der Waals surface area contributed by atoms with E-state index in [-0.39, 0.29) is 24.8 Å². The van der Waals surface area contributed by atoms with Gasteiger partial charge in [-0.2, -0.15) is 0 Å². The highest BCUT2D eigenvalue weighted by atomic mass is 16.4. The molecule has 1 aromatic carbocycles. The Morgan fingerprint density at radius 3 is 2.42 bits per heavy atom. The normalized spacial score (nSPS) is 17.1. The molecule has 2 amide bonds. The fourth-order valence-corrected chi connectivity index (χ4v) is 2.70. The average molecular weight is 332 g/mol. The van der Waals surface area contributed by atoms with Crippen LogP contribution in [-0.2, 0) is 27.3 Å². The Morgan fingerprint density at radius 1 is 1.21 bits per heavy atom. The lowest BCUT2D eigenvalue weighted by Crippen LogP contribution is -2.49. The van der Waals surface area contributed by atoms with Crippen molar-refractivity contribution in [3.63, 3.8) is 0 Å². The zero-order chi connectivity index (χ0) is 17.9. The van der Waals surface area contributed by atoms with Crippen LogP contribution >= 0.6 is 0 Å². The number of carbonyl (C=O) groups is 3. The Balaban J connectivity index is 2.02. The molecule has 0 aromatic heterocycles. The van der Waals surface area contributed by atoms with E-state index in [2.05, 4.69) is 5.32 Å². The monoisotopic (exact) mass is 332 g/mol. The largest absolute Gasteiger partial charge is 0.480 e. The summed E-state index contributed by atoms with van der Waals surface area (Å²) in [6.07, 6.45) is 0.402. The van der Waals surface area contributed by atoms with Crippen LogP contribution in [0.3, 0.4) is 0 Å². The SMILES string of the molecule is CC(C)(C)C(=O)NCCC(=O)N1Cc2ccccc2CC1C(=O)O. The Morgan fingerprint density at radius 2 is 1.83 bits per heavy atom. The number of rotatable bonds is 4. The van der Waals surface area contributed by atoms with Gasteiger partial charge in [0.25, 0.3) is 0 Å². The smallest absolute Gasteiger partial charge is 0.326 e. The second-order valence-electron chi connectivity index (χ2n) is 7.10. The van der Waals surface area contributed by atoms with Crippen LogP contribution < -0.4 is 5.32 Å². The molecular weight excluding hydrogens is 308 g/mol. The molecule has 1 aliphatic rings. The summed E-state index contributed by atoms with van der Waals surface area (Å²) < 4.78 is 0. The summed E-state index contributed by atoms with van der Waals surface area (Å²) in [6, 6.07) is 6.71. The van der Waals surface area contributed by atoms with Gasteiger partial charge in [-0.1, -0.05) is 45.0 Å². The number of carboxylic acid groups (broad SMARTS) is 1. The average Bonchev–Trinajstić information content (AvgIpc) is 2.52. The maximum atomic E-state index is 12.5. The van der Waals surface area contributed by atoms with Crippen molar-refractivity contribution < 1.29 is 19.5 Å². The van der Waals surface area contributed by atoms with Crippen molar-refractivity contribution in [1.82, 2.24) is 10.2 Å². The third-order valence-electron chi connectivity index (χ3n) is 4.16. The number of benzene rings is 1. The van der Waals surface area contributed by atoms with Gasteiger partial charge in [0.15, 0.2) is 0 Å². The van der Waals surface area contributed by atoms with Crippen molar-refractivity contribution in [3.05, 3.63) is 35.4 Å². The van der Waals surface area contributed by atoms with Gasteiger partial charge in [-0.25, -0.2) is 4.79 Å². The summed E-state index contributed by atoms with van der Waals surface area (Å²) in [5, 5.41) is 12.2. The van der Waals surface area contributed by atoms with Crippen LogP contribution in [0.4, 0.5) is 0 Å². The minimum atomic E-state index is -1.00. The number of hydrogen-bond donors (Lipinski definition) is 2. The van der Waals surface area contributed by atoms with E-state index in [9.17, 15) is 19.5 Å². The fraction of sp³-hybridized carbons (Fsp3) is 0.500. The van der Waals surface area contributed by atoms with Crippen LogP contribution in [0.5, 0.6) is 0 Å². The van der Waals surface area contributed by atoms with Crippen LogP contribution in [0.2, 0.25) is 0 Å². The van der Waals surface area contributed by atoms with Crippen LogP contribution in [0.1, 0.15) is 38.3 Å². The van der Waals surface area contributed by atoms with Gasteiger partial charge >= 0.3 is 5.97 Å². The standard InChI is InChI=1S/C18H24N2O4/c1-18(2,3)17(24)19-9-8-15(21)20-11-13-7-5-4-6-12(13)10-14(20)16(22)23/h4-7,14H,8-11H2,1-3H3,(H,19,24)(H,22,23). The molecule has 6 heteroatoms. The van der Waals surface area contributed by atoms with Crippen LogP contribution in [0, 0.1) is 5.41 Å². The van der Waals surface area contributed by atoms with Crippen molar-refractivity contribution in [3.8, 4) is 0 Å². The molecule has 2 N–H and O–H groups in total. The topological polar surface area (TPSA) is 86.7 Å². The first-order valence-electron chi connectivity index (χ1n) is 8.07. The number of fused-ring (bicyclic) bond motifs is 1. The number of amides is 2. The van der Waals surface area contributed by atoms with Crippen LogP contribution in [-0.4, -0.2) is 40.4 Å². The van der Waals surface area contributed by atoms with Gasteiger partial charge in [-0.15, -0.1) is 0 Å². The molecular formula is C18H24N2O4. The lowest BCUT2D eigenvalue weighted by molar-refractivity contribution is -0.151. The molecule has 130 valence electrons. The predicted molar refractivity (Wildman–Crippen MR) is 89.2 cm³/mol. The molecule has 0 saturated heterocycles. The highest BCUT2D eigenvalue weighted by Crippen LogP contribution is 2.24. The summed E-state index contributed by atoms with van der Waals surface area (Å²) in [7, 11) is 0. The molecule has 0 aliphatic carbocycles. The Hall–Kier alpha value is -2.37. The number of carbonyl (C=O) groups excluding carboxylic acids is 2. The summed E-state index contributed by atoms with van der Waals surface area (Å²) in [6.45, 7) is 5.89. The third-order valence-corrected chi connectivity index (χ3v) is 4.16. The number of aliphatic carboxylic acids is 1. The molecule has 1 heterocycles. The van der Waals surface area contributed by atoms with E-state index in [0.717, 1.165) is 11.1 Å².